The highest BCUT2D eigenvalue weighted by molar-refractivity contribution is 6.29. The van der Waals surface area contributed by atoms with Crippen molar-refractivity contribution in [3.05, 3.63) is 23.0 Å². The van der Waals surface area contributed by atoms with Crippen molar-refractivity contribution in [1.29, 1.82) is 0 Å². The van der Waals surface area contributed by atoms with Gasteiger partial charge in [0.1, 0.15) is 0 Å². The molecule has 1 aromatic rings. The number of hydrogen-bond donors (Lipinski definition) is 0. The van der Waals surface area contributed by atoms with Crippen molar-refractivity contribution in [1.82, 2.24) is 20.0 Å². The maximum atomic E-state index is 12.1. The fourth-order valence-electron chi connectivity index (χ4n) is 1.82. The van der Waals surface area contributed by atoms with Crippen LogP contribution in [0.25, 0.3) is 0 Å². The summed E-state index contributed by atoms with van der Waals surface area (Å²) in [5, 5.41) is 7.80. The van der Waals surface area contributed by atoms with Gasteiger partial charge in [-0.15, -0.1) is 10.2 Å². The molecule has 1 fully saturated rings. The van der Waals surface area contributed by atoms with E-state index in [1.54, 1.807) is 12.1 Å². The minimum Gasteiger partial charge on any atom is -0.334 e. The zero-order valence-electron chi connectivity index (χ0n) is 9.93. The molecule has 2 rings (SSSR count). The zero-order valence-corrected chi connectivity index (χ0v) is 10.7. The molecule has 0 aromatic carbocycles. The highest BCUT2D eigenvalue weighted by Crippen LogP contribution is 2.11. The Hall–Kier alpha value is -1.20. The third-order valence-corrected chi connectivity index (χ3v) is 3.30. The van der Waals surface area contributed by atoms with Gasteiger partial charge in [0.15, 0.2) is 10.8 Å². The number of aromatic nitrogens is 2. The van der Waals surface area contributed by atoms with Crippen LogP contribution in [-0.2, 0) is 0 Å². The van der Waals surface area contributed by atoms with Crippen LogP contribution in [0.4, 0.5) is 0 Å². The zero-order chi connectivity index (χ0) is 12.4. The van der Waals surface area contributed by atoms with Crippen LogP contribution in [-0.4, -0.2) is 58.6 Å². The second-order valence-corrected chi connectivity index (χ2v) is 4.71. The molecule has 0 radical (unpaired) electrons. The van der Waals surface area contributed by atoms with Crippen LogP contribution < -0.4 is 0 Å². The Morgan fingerprint density at radius 1 is 1.41 bits per heavy atom. The van der Waals surface area contributed by atoms with E-state index >= 15 is 0 Å². The molecule has 5 nitrogen and oxygen atoms in total. The third-order valence-electron chi connectivity index (χ3n) is 3.10. The van der Waals surface area contributed by atoms with E-state index in [0.717, 1.165) is 19.6 Å². The summed E-state index contributed by atoms with van der Waals surface area (Å²) in [4.78, 5) is 16.2. The molecule has 1 atom stereocenters. The minimum atomic E-state index is -0.0749. The molecule has 0 saturated carbocycles. The summed E-state index contributed by atoms with van der Waals surface area (Å²) >= 11 is 5.64. The number of piperazine rings is 1. The first-order valence-corrected chi connectivity index (χ1v) is 5.94. The van der Waals surface area contributed by atoms with Crippen LogP contribution in [0, 0.1) is 0 Å². The first kappa shape index (κ1) is 12.3. The van der Waals surface area contributed by atoms with Gasteiger partial charge < -0.3 is 9.80 Å². The number of halogens is 1. The number of nitrogens with zero attached hydrogens (tertiary/aromatic N) is 4. The van der Waals surface area contributed by atoms with E-state index in [4.69, 9.17) is 11.6 Å². The van der Waals surface area contributed by atoms with Crippen molar-refractivity contribution in [3.63, 3.8) is 0 Å². The molecule has 1 aromatic heterocycles. The van der Waals surface area contributed by atoms with E-state index in [9.17, 15) is 4.79 Å². The summed E-state index contributed by atoms with van der Waals surface area (Å²) in [6, 6.07) is 3.56. The largest absolute Gasteiger partial charge is 0.334 e. The fraction of sp³-hybridized carbons (Fsp3) is 0.545. The summed E-state index contributed by atoms with van der Waals surface area (Å²) in [7, 11) is 2.06. The first-order valence-electron chi connectivity index (χ1n) is 5.56. The smallest absolute Gasteiger partial charge is 0.274 e. The van der Waals surface area contributed by atoms with E-state index in [1.165, 1.54) is 0 Å². The predicted octanol–water partition coefficient (Wildman–Crippen LogP) is 0.906. The number of likely N-dealkylation sites (N-methyl/N-ethyl adjacent to an activating group) is 1. The highest BCUT2D eigenvalue weighted by Gasteiger charge is 2.25. The molecule has 1 aliphatic heterocycles. The second-order valence-electron chi connectivity index (χ2n) is 4.32. The second kappa shape index (κ2) is 4.98. The van der Waals surface area contributed by atoms with E-state index in [0.29, 0.717) is 16.9 Å². The predicted molar refractivity (Wildman–Crippen MR) is 65.0 cm³/mol. The average molecular weight is 255 g/mol. The van der Waals surface area contributed by atoms with E-state index in [-0.39, 0.29) is 5.91 Å². The van der Waals surface area contributed by atoms with Gasteiger partial charge in [-0.05, 0) is 26.1 Å². The third kappa shape index (κ3) is 2.73. The summed E-state index contributed by atoms with van der Waals surface area (Å²) < 4.78 is 0. The topological polar surface area (TPSA) is 49.3 Å². The fourth-order valence-corrected chi connectivity index (χ4v) is 1.93. The van der Waals surface area contributed by atoms with Gasteiger partial charge in [0.2, 0.25) is 0 Å². The number of carbonyl (C=O) groups excluding carboxylic acids is 1. The lowest BCUT2D eigenvalue weighted by atomic mass is 10.2. The van der Waals surface area contributed by atoms with Gasteiger partial charge in [0, 0.05) is 25.7 Å². The Kier molecular flexibility index (Phi) is 3.59. The Labute approximate surface area is 105 Å². The van der Waals surface area contributed by atoms with Crippen LogP contribution in [0.1, 0.15) is 17.4 Å². The average Bonchev–Trinajstić information content (AvgIpc) is 2.33. The Bertz CT molecular complexity index is 408. The van der Waals surface area contributed by atoms with Crippen LogP contribution >= 0.6 is 11.6 Å². The number of carbonyl (C=O) groups is 1. The van der Waals surface area contributed by atoms with E-state index in [1.807, 2.05) is 4.90 Å². The van der Waals surface area contributed by atoms with Crippen molar-refractivity contribution in [2.45, 2.75) is 13.0 Å². The standard InChI is InChI=1S/C11H15ClN4O/c1-8-7-16(6-5-15(8)2)11(17)9-3-4-10(12)14-13-9/h3-4,8H,5-7H2,1-2H3. The molecule has 0 spiro atoms. The Morgan fingerprint density at radius 3 is 2.76 bits per heavy atom. The maximum Gasteiger partial charge on any atom is 0.274 e. The molecule has 1 saturated heterocycles. The molecule has 0 aliphatic carbocycles. The van der Waals surface area contributed by atoms with Crippen LogP contribution in [0.15, 0.2) is 12.1 Å². The molecule has 0 bridgehead atoms. The molecule has 1 amide bonds. The number of hydrogen-bond acceptors (Lipinski definition) is 4. The van der Waals surface area contributed by atoms with Crippen LogP contribution in [0.3, 0.4) is 0 Å². The van der Waals surface area contributed by atoms with Crippen molar-refractivity contribution in [3.8, 4) is 0 Å². The SMILES string of the molecule is CC1CN(C(=O)c2ccc(Cl)nn2)CCN1C. The van der Waals surface area contributed by atoms with Crippen molar-refractivity contribution in [2.24, 2.45) is 0 Å². The Balaban J connectivity index is 2.08. The maximum absolute atomic E-state index is 12.1. The van der Waals surface area contributed by atoms with Crippen molar-refractivity contribution in [2.75, 3.05) is 26.7 Å². The molecule has 1 aliphatic rings. The normalized spacial score (nSPS) is 21.6. The van der Waals surface area contributed by atoms with Gasteiger partial charge in [-0.25, -0.2) is 0 Å². The molecule has 2 heterocycles. The highest BCUT2D eigenvalue weighted by atomic mass is 35.5. The quantitative estimate of drug-likeness (QED) is 0.747. The Morgan fingerprint density at radius 2 is 2.18 bits per heavy atom. The summed E-state index contributed by atoms with van der Waals surface area (Å²) in [5.74, 6) is -0.0749. The minimum absolute atomic E-state index is 0.0749. The lowest BCUT2D eigenvalue weighted by Gasteiger charge is -2.37. The van der Waals surface area contributed by atoms with Crippen molar-refractivity contribution >= 4 is 17.5 Å². The molecular formula is C11H15ClN4O. The van der Waals surface area contributed by atoms with E-state index in [2.05, 4.69) is 29.1 Å². The number of rotatable bonds is 1. The van der Waals surface area contributed by atoms with Gasteiger partial charge in [0.05, 0.1) is 0 Å². The summed E-state index contributed by atoms with van der Waals surface area (Å²) in [5.41, 5.74) is 0.353. The van der Waals surface area contributed by atoms with E-state index < -0.39 is 0 Å². The molecule has 1 unspecified atom stereocenters. The monoisotopic (exact) mass is 254 g/mol. The molecular weight excluding hydrogens is 240 g/mol. The van der Waals surface area contributed by atoms with Gasteiger partial charge >= 0.3 is 0 Å². The number of amides is 1. The molecule has 17 heavy (non-hydrogen) atoms. The molecule has 6 heteroatoms. The van der Waals surface area contributed by atoms with Gasteiger partial charge in [-0.2, -0.15) is 0 Å². The van der Waals surface area contributed by atoms with Gasteiger partial charge in [-0.1, -0.05) is 11.6 Å². The molecule has 92 valence electrons. The van der Waals surface area contributed by atoms with Gasteiger partial charge in [-0.3, -0.25) is 4.79 Å². The lowest BCUT2D eigenvalue weighted by molar-refractivity contribution is 0.0565. The van der Waals surface area contributed by atoms with Gasteiger partial charge in [0.25, 0.3) is 5.91 Å². The van der Waals surface area contributed by atoms with Crippen LogP contribution in [0.2, 0.25) is 5.15 Å². The van der Waals surface area contributed by atoms with Crippen LogP contribution in [0.5, 0.6) is 0 Å². The summed E-state index contributed by atoms with van der Waals surface area (Å²) in [6.45, 7) is 4.44. The lowest BCUT2D eigenvalue weighted by Crippen LogP contribution is -2.52. The summed E-state index contributed by atoms with van der Waals surface area (Å²) in [6.07, 6.45) is 0. The first-order chi connectivity index (χ1) is 8.08. The molecule has 0 N–H and O–H groups in total. The van der Waals surface area contributed by atoms with Crippen molar-refractivity contribution < 1.29 is 4.79 Å².